The maximum absolute atomic E-state index is 13.3. The van der Waals surface area contributed by atoms with Crippen molar-refractivity contribution in [3.63, 3.8) is 0 Å². The number of aromatic nitrogens is 4. The first-order valence-corrected chi connectivity index (χ1v) is 12.3. The number of aryl methyl sites for hydroxylation is 1. The summed E-state index contributed by atoms with van der Waals surface area (Å²) < 4.78 is 1.77. The second-order valence-corrected chi connectivity index (χ2v) is 9.77. The van der Waals surface area contributed by atoms with Gasteiger partial charge in [-0.1, -0.05) is 25.4 Å². The SMILES string of the molecule is Cc1nc2n(n1)CCN(C(=O)c1ccncc1Cl)CCCC(=O)N(C)[C@@H](C)C(=O)N[C@@H]2CC(C)C. The van der Waals surface area contributed by atoms with Gasteiger partial charge < -0.3 is 15.1 Å². The number of rotatable bonds is 3. The van der Waals surface area contributed by atoms with E-state index in [9.17, 15) is 14.4 Å². The zero-order valence-electron chi connectivity index (χ0n) is 21.0. The van der Waals surface area contributed by atoms with Crippen LogP contribution in [0.2, 0.25) is 5.02 Å². The zero-order chi connectivity index (χ0) is 25.7. The van der Waals surface area contributed by atoms with E-state index in [2.05, 4.69) is 34.2 Å². The number of nitrogens with zero attached hydrogens (tertiary/aromatic N) is 6. The van der Waals surface area contributed by atoms with Crippen LogP contribution in [-0.4, -0.2) is 73.4 Å². The lowest BCUT2D eigenvalue weighted by Gasteiger charge is -2.29. The Labute approximate surface area is 211 Å². The molecular formula is C24H34ClN7O3. The lowest BCUT2D eigenvalue weighted by atomic mass is 10.0. The van der Waals surface area contributed by atoms with Gasteiger partial charge in [0.2, 0.25) is 11.8 Å². The minimum Gasteiger partial charge on any atom is -0.344 e. The van der Waals surface area contributed by atoms with Crippen LogP contribution in [0.4, 0.5) is 0 Å². The van der Waals surface area contributed by atoms with Crippen LogP contribution in [0.15, 0.2) is 18.5 Å². The first kappa shape index (κ1) is 26.6. The van der Waals surface area contributed by atoms with E-state index >= 15 is 0 Å². The molecule has 0 aromatic carbocycles. The van der Waals surface area contributed by atoms with Crippen LogP contribution in [0.1, 0.15) is 68.1 Å². The summed E-state index contributed by atoms with van der Waals surface area (Å²) in [6.45, 7) is 8.75. The van der Waals surface area contributed by atoms with Crippen molar-refractivity contribution in [2.24, 2.45) is 5.92 Å². The van der Waals surface area contributed by atoms with Crippen molar-refractivity contribution in [2.75, 3.05) is 20.1 Å². The number of pyridine rings is 1. The summed E-state index contributed by atoms with van der Waals surface area (Å²) in [5.74, 6) is 0.883. The van der Waals surface area contributed by atoms with Crippen LogP contribution in [0.5, 0.6) is 0 Å². The summed E-state index contributed by atoms with van der Waals surface area (Å²) in [6, 6.07) is 0.567. The molecule has 0 spiro atoms. The molecule has 0 bridgehead atoms. The smallest absolute Gasteiger partial charge is 0.255 e. The Kier molecular flexibility index (Phi) is 8.82. The fourth-order valence-corrected chi connectivity index (χ4v) is 4.33. The van der Waals surface area contributed by atoms with Crippen LogP contribution < -0.4 is 5.32 Å². The maximum Gasteiger partial charge on any atom is 0.255 e. The summed E-state index contributed by atoms with van der Waals surface area (Å²) in [4.78, 5) is 50.9. The van der Waals surface area contributed by atoms with Crippen LogP contribution in [-0.2, 0) is 16.1 Å². The molecule has 1 aliphatic rings. The molecule has 11 heteroatoms. The van der Waals surface area contributed by atoms with Crippen LogP contribution in [0, 0.1) is 12.8 Å². The lowest BCUT2D eigenvalue weighted by Crippen LogP contribution is -2.47. The lowest BCUT2D eigenvalue weighted by molar-refractivity contribution is -0.138. The van der Waals surface area contributed by atoms with Gasteiger partial charge in [0.1, 0.15) is 17.7 Å². The van der Waals surface area contributed by atoms with Crippen molar-refractivity contribution in [1.29, 1.82) is 0 Å². The van der Waals surface area contributed by atoms with Gasteiger partial charge in [-0.3, -0.25) is 19.4 Å². The van der Waals surface area contributed by atoms with Gasteiger partial charge in [0.25, 0.3) is 5.91 Å². The minimum absolute atomic E-state index is 0.154. The molecule has 3 amide bonds. The minimum atomic E-state index is -0.647. The summed E-state index contributed by atoms with van der Waals surface area (Å²) >= 11 is 6.24. The van der Waals surface area contributed by atoms with Gasteiger partial charge in [-0.25, -0.2) is 9.67 Å². The molecule has 0 saturated heterocycles. The van der Waals surface area contributed by atoms with Crippen molar-refractivity contribution < 1.29 is 14.4 Å². The highest BCUT2D eigenvalue weighted by molar-refractivity contribution is 6.33. The molecule has 10 nitrogen and oxygen atoms in total. The zero-order valence-corrected chi connectivity index (χ0v) is 21.7. The molecule has 2 atom stereocenters. The predicted octanol–water partition coefficient (Wildman–Crippen LogP) is 2.62. The number of hydrogen-bond donors (Lipinski definition) is 1. The van der Waals surface area contributed by atoms with Crippen molar-refractivity contribution in [3.05, 3.63) is 40.7 Å². The average Bonchev–Trinajstić information content (AvgIpc) is 3.19. The van der Waals surface area contributed by atoms with Crippen LogP contribution >= 0.6 is 11.6 Å². The second kappa shape index (κ2) is 11.6. The normalized spacial score (nSPS) is 20.4. The van der Waals surface area contributed by atoms with Crippen molar-refractivity contribution >= 4 is 29.3 Å². The summed E-state index contributed by atoms with van der Waals surface area (Å²) in [6.07, 6.45) is 4.29. The number of fused-ring (bicyclic) bond motifs is 1. The highest BCUT2D eigenvalue weighted by atomic mass is 35.5. The molecule has 0 aliphatic carbocycles. The third-order valence-corrected chi connectivity index (χ3v) is 6.49. The van der Waals surface area contributed by atoms with E-state index in [1.54, 1.807) is 36.5 Å². The quantitative estimate of drug-likeness (QED) is 0.688. The highest BCUT2D eigenvalue weighted by Gasteiger charge is 2.29. The molecule has 0 unspecified atom stereocenters. The van der Waals surface area contributed by atoms with E-state index in [0.29, 0.717) is 49.7 Å². The predicted molar refractivity (Wildman–Crippen MR) is 132 cm³/mol. The van der Waals surface area contributed by atoms with E-state index in [-0.39, 0.29) is 41.1 Å². The van der Waals surface area contributed by atoms with Gasteiger partial charge in [-0.15, -0.1) is 0 Å². The molecule has 3 heterocycles. The Morgan fingerprint density at radius 1 is 1.26 bits per heavy atom. The van der Waals surface area contributed by atoms with E-state index in [1.165, 1.54) is 17.3 Å². The van der Waals surface area contributed by atoms with E-state index in [4.69, 9.17) is 11.6 Å². The molecule has 2 aromatic rings. The highest BCUT2D eigenvalue weighted by Crippen LogP contribution is 2.22. The third-order valence-electron chi connectivity index (χ3n) is 6.19. The number of nitrogens with one attached hydrogen (secondary N) is 1. The molecule has 0 fully saturated rings. The summed E-state index contributed by atoms with van der Waals surface area (Å²) in [7, 11) is 1.63. The molecule has 190 valence electrons. The van der Waals surface area contributed by atoms with Crippen molar-refractivity contribution in [1.82, 2.24) is 34.9 Å². The molecule has 3 rings (SSSR count). The van der Waals surface area contributed by atoms with Gasteiger partial charge in [0, 0.05) is 39.0 Å². The Bertz CT molecular complexity index is 1070. The Hall–Kier alpha value is -3.01. The molecular weight excluding hydrogens is 470 g/mol. The fourth-order valence-electron chi connectivity index (χ4n) is 4.13. The standard InChI is InChI=1S/C24H34ClN7O3/c1-15(2)13-20-22-27-17(4)29-32(22)12-11-31(24(35)18-8-9-26-14-19(18)25)10-6-7-21(33)30(5)16(3)23(34)28-20/h8-9,14-16,20H,6-7,10-13H2,1-5H3,(H,28,34)/t16-,20+/m0/s1. The van der Waals surface area contributed by atoms with Gasteiger partial charge >= 0.3 is 0 Å². The number of halogens is 1. The molecule has 1 N–H and O–H groups in total. The monoisotopic (exact) mass is 503 g/mol. The van der Waals surface area contributed by atoms with Gasteiger partial charge in [-0.05, 0) is 38.7 Å². The fraction of sp³-hybridized carbons (Fsp3) is 0.583. The Morgan fingerprint density at radius 2 is 2.00 bits per heavy atom. The average molecular weight is 504 g/mol. The van der Waals surface area contributed by atoms with Crippen LogP contribution in [0.25, 0.3) is 0 Å². The third kappa shape index (κ3) is 6.56. The van der Waals surface area contributed by atoms with Gasteiger partial charge in [-0.2, -0.15) is 5.10 Å². The molecule has 0 radical (unpaired) electrons. The van der Waals surface area contributed by atoms with Crippen molar-refractivity contribution in [3.8, 4) is 0 Å². The topological polar surface area (TPSA) is 113 Å². The number of hydrogen-bond acceptors (Lipinski definition) is 6. The maximum atomic E-state index is 13.3. The van der Waals surface area contributed by atoms with Gasteiger partial charge in [0.05, 0.1) is 23.2 Å². The number of amides is 3. The number of likely N-dealkylation sites (N-methyl/N-ethyl adjacent to an activating group) is 1. The first-order valence-electron chi connectivity index (χ1n) is 11.9. The second-order valence-electron chi connectivity index (χ2n) is 9.36. The molecule has 1 aliphatic heterocycles. The largest absolute Gasteiger partial charge is 0.344 e. The summed E-state index contributed by atoms with van der Waals surface area (Å²) in [5, 5.41) is 7.90. The molecule has 35 heavy (non-hydrogen) atoms. The molecule has 2 aromatic heterocycles. The van der Waals surface area contributed by atoms with E-state index in [1.807, 2.05) is 0 Å². The van der Waals surface area contributed by atoms with E-state index in [0.717, 1.165) is 0 Å². The Morgan fingerprint density at radius 3 is 2.69 bits per heavy atom. The number of carbonyl (C=O) groups is 3. The summed E-state index contributed by atoms with van der Waals surface area (Å²) in [5.41, 5.74) is 0.361. The van der Waals surface area contributed by atoms with Crippen molar-refractivity contribution in [2.45, 2.75) is 65.6 Å². The number of carbonyl (C=O) groups excluding carboxylic acids is 3. The van der Waals surface area contributed by atoms with E-state index < -0.39 is 6.04 Å². The van der Waals surface area contributed by atoms with Gasteiger partial charge in [0.15, 0.2) is 0 Å². The Balaban J connectivity index is 1.97. The first-order chi connectivity index (χ1) is 16.6. The molecule has 0 saturated carbocycles. The van der Waals surface area contributed by atoms with Crippen LogP contribution in [0.3, 0.4) is 0 Å².